The zero-order chi connectivity index (χ0) is 13.2. The fraction of sp³-hybridized carbons (Fsp3) is 0.625. The van der Waals surface area contributed by atoms with E-state index < -0.39 is 0 Å². The van der Waals surface area contributed by atoms with Crippen LogP contribution in [0.3, 0.4) is 0 Å². The zero-order valence-electron chi connectivity index (χ0n) is 11.8. The fourth-order valence-electron chi connectivity index (χ4n) is 2.65. The number of likely N-dealkylation sites (tertiary alicyclic amines) is 1. The van der Waals surface area contributed by atoms with Crippen molar-refractivity contribution in [2.75, 3.05) is 13.2 Å². The van der Waals surface area contributed by atoms with Gasteiger partial charge in [0, 0.05) is 12.6 Å². The number of benzene rings is 1. The lowest BCUT2D eigenvalue weighted by molar-refractivity contribution is 0.153. The molecule has 100 valence electrons. The zero-order valence-corrected chi connectivity index (χ0v) is 11.8. The van der Waals surface area contributed by atoms with Crippen LogP contribution in [-0.2, 0) is 12.0 Å². The van der Waals surface area contributed by atoms with Gasteiger partial charge in [-0.3, -0.25) is 4.90 Å². The van der Waals surface area contributed by atoms with Crippen LogP contribution in [0.2, 0.25) is 0 Å². The van der Waals surface area contributed by atoms with E-state index in [9.17, 15) is 5.11 Å². The van der Waals surface area contributed by atoms with E-state index in [4.69, 9.17) is 0 Å². The average Bonchev–Trinajstić information content (AvgIpc) is 2.76. The quantitative estimate of drug-likeness (QED) is 0.887. The topological polar surface area (TPSA) is 23.5 Å². The molecule has 1 aliphatic heterocycles. The van der Waals surface area contributed by atoms with Gasteiger partial charge in [-0.1, -0.05) is 45.0 Å². The molecule has 0 radical (unpaired) electrons. The second kappa shape index (κ2) is 5.41. The first-order chi connectivity index (χ1) is 8.50. The van der Waals surface area contributed by atoms with Gasteiger partial charge in [-0.25, -0.2) is 0 Å². The third-order valence-corrected chi connectivity index (χ3v) is 3.92. The van der Waals surface area contributed by atoms with Gasteiger partial charge in [-0.15, -0.1) is 0 Å². The molecule has 2 rings (SSSR count). The molecule has 1 aromatic carbocycles. The second-order valence-corrected chi connectivity index (χ2v) is 6.40. The highest BCUT2D eigenvalue weighted by atomic mass is 16.3. The predicted molar refractivity (Wildman–Crippen MR) is 75.7 cm³/mol. The van der Waals surface area contributed by atoms with Gasteiger partial charge in [0.25, 0.3) is 0 Å². The summed E-state index contributed by atoms with van der Waals surface area (Å²) in [4.78, 5) is 2.39. The molecule has 1 N–H and O–H groups in total. The maximum atomic E-state index is 9.32. The summed E-state index contributed by atoms with van der Waals surface area (Å²) in [5.41, 5.74) is 2.95. The van der Waals surface area contributed by atoms with Gasteiger partial charge in [-0.2, -0.15) is 0 Å². The minimum Gasteiger partial charge on any atom is -0.395 e. The van der Waals surface area contributed by atoms with Crippen molar-refractivity contribution in [2.24, 2.45) is 0 Å². The molecule has 1 atom stereocenters. The highest BCUT2D eigenvalue weighted by Gasteiger charge is 2.23. The van der Waals surface area contributed by atoms with Crippen molar-refractivity contribution in [3.63, 3.8) is 0 Å². The lowest BCUT2D eigenvalue weighted by Gasteiger charge is -2.23. The molecule has 1 fully saturated rings. The Morgan fingerprint density at radius 3 is 2.44 bits per heavy atom. The monoisotopic (exact) mass is 247 g/mol. The molecule has 1 saturated heterocycles. The third-order valence-electron chi connectivity index (χ3n) is 3.92. The maximum absolute atomic E-state index is 9.32. The van der Waals surface area contributed by atoms with Gasteiger partial charge < -0.3 is 5.11 Å². The minimum atomic E-state index is 0.222. The van der Waals surface area contributed by atoms with E-state index in [2.05, 4.69) is 49.9 Å². The molecule has 0 spiro atoms. The highest BCUT2D eigenvalue weighted by molar-refractivity contribution is 5.27. The van der Waals surface area contributed by atoms with Crippen LogP contribution in [-0.4, -0.2) is 29.2 Å². The van der Waals surface area contributed by atoms with Crippen molar-refractivity contribution < 1.29 is 5.11 Å². The standard InChI is InChI=1S/C16H25NO/c1-16(2,3)14-8-6-13(7-9-14)11-17-10-4-5-15(17)12-18/h6-9,15,18H,4-5,10-12H2,1-3H3/t15-/m0/s1. The largest absolute Gasteiger partial charge is 0.395 e. The molecule has 1 aromatic rings. The Morgan fingerprint density at radius 2 is 1.89 bits per heavy atom. The Labute approximate surface area is 111 Å². The SMILES string of the molecule is CC(C)(C)c1ccc(CN2CCC[C@H]2CO)cc1. The van der Waals surface area contributed by atoms with Gasteiger partial charge in [0.1, 0.15) is 0 Å². The van der Waals surface area contributed by atoms with Gasteiger partial charge in [0.2, 0.25) is 0 Å². The van der Waals surface area contributed by atoms with Crippen molar-refractivity contribution in [3.8, 4) is 0 Å². The van der Waals surface area contributed by atoms with Crippen LogP contribution in [0, 0.1) is 0 Å². The summed E-state index contributed by atoms with van der Waals surface area (Å²) < 4.78 is 0. The van der Waals surface area contributed by atoms with Crippen LogP contribution in [0.15, 0.2) is 24.3 Å². The summed E-state index contributed by atoms with van der Waals surface area (Å²) in [7, 11) is 0. The van der Waals surface area contributed by atoms with E-state index >= 15 is 0 Å². The summed E-state index contributed by atoms with van der Waals surface area (Å²) in [5, 5.41) is 9.32. The van der Waals surface area contributed by atoms with Crippen LogP contribution in [0.25, 0.3) is 0 Å². The minimum absolute atomic E-state index is 0.222. The first kappa shape index (κ1) is 13.6. The Morgan fingerprint density at radius 1 is 1.22 bits per heavy atom. The van der Waals surface area contributed by atoms with Gasteiger partial charge >= 0.3 is 0 Å². The lowest BCUT2D eigenvalue weighted by atomic mass is 9.87. The summed E-state index contributed by atoms with van der Waals surface area (Å²) in [6, 6.07) is 9.30. The van der Waals surface area contributed by atoms with Crippen LogP contribution < -0.4 is 0 Å². The molecule has 0 aromatic heterocycles. The average molecular weight is 247 g/mol. The molecule has 0 unspecified atom stereocenters. The van der Waals surface area contributed by atoms with Crippen molar-refractivity contribution in [1.29, 1.82) is 0 Å². The second-order valence-electron chi connectivity index (χ2n) is 6.40. The van der Waals surface area contributed by atoms with Crippen molar-refractivity contribution in [2.45, 2.75) is 51.6 Å². The molecule has 2 heteroatoms. The summed E-state index contributed by atoms with van der Waals surface area (Å²) in [6.07, 6.45) is 2.35. The predicted octanol–water partition coefficient (Wildman–Crippen LogP) is 2.94. The Hall–Kier alpha value is -0.860. The Balaban J connectivity index is 2.02. The molecular weight excluding hydrogens is 222 g/mol. The van der Waals surface area contributed by atoms with Gasteiger partial charge in [0.05, 0.1) is 6.61 Å². The van der Waals surface area contributed by atoms with Crippen molar-refractivity contribution in [3.05, 3.63) is 35.4 Å². The van der Waals surface area contributed by atoms with Crippen LogP contribution in [0.4, 0.5) is 0 Å². The molecule has 18 heavy (non-hydrogen) atoms. The third kappa shape index (κ3) is 3.12. The Bertz CT molecular complexity index is 377. The Kier molecular flexibility index (Phi) is 4.08. The number of nitrogens with zero attached hydrogens (tertiary/aromatic N) is 1. The smallest absolute Gasteiger partial charge is 0.0587 e. The van der Waals surface area contributed by atoms with E-state index in [0.717, 1.165) is 19.5 Å². The van der Waals surface area contributed by atoms with Crippen molar-refractivity contribution in [1.82, 2.24) is 4.90 Å². The summed E-state index contributed by atoms with van der Waals surface area (Å²) >= 11 is 0. The molecule has 2 nitrogen and oxygen atoms in total. The number of aliphatic hydroxyl groups excluding tert-OH is 1. The normalized spacial score (nSPS) is 21.4. The van der Waals surface area contributed by atoms with Gasteiger partial charge in [0.15, 0.2) is 0 Å². The van der Waals surface area contributed by atoms with E-state index in [-0.39, 0.29) is 5.41 Å². The van der Waals surface area contributed by atoms with Crippen LogP contribution in [0.5, 0.6) is 0 Å². The van der Waals surface area contributed by atoms with Crippen molar-refractivity contribution >= 4 is 0 Å². The fourth-order valence-corrected chi connectivity index (χ4v) is 2.65. The van der Waals surface area contributed by atoms with E-state index in [1.54, 1.807) is 0 Å². The van der Waals surface area contributed by atoms with E-state index in [1.165, 1.54) is 17.5 Å². The molecule has 1 aliphatic rings. The molecular formula is C16H25NO. The molecule has 0 amide bonds. The van der Waals surface area contributed by atoms with E-state index in [1.807, 2.05) is 0 Å². The summed E-state index contributed by atoms with van der Waals surface area (Å²) in [6.45, 7) is 9.10. The maximum Gasteiger partial charge on any atom is 0.0587 e. The highest BCUT2D eigenvalue weighted by Crippen LogP contribution is 2.24. The molecule has 0 saturated carbocycles. The van der Waals surface area contributed by atoms with Gasteiger partial charge in [-0.05, 0) is 35.9 Å². The molecule has 0 aliphatic carbocycles. The van der Waals surface area contributed by atoms with Crippen LogP contribution >= 0.6 is 0 Å². The van der Waals surface area contributed by atoms with Crippen LogP contribution in [0.1, 0.15) is 44.7 Å². The number of aliphatic hydroxyl groups is 1. The number of rotatable bonds is 3. The molecule has 1 heterocycles. The first-order valence-corrected chi connectivity index (χ1v) is 6.95. The first-order valence-electron chi connectivity index (χ1n) is 6.95. The summed E-state index contributed by atoms with van der Waals surface area (Å²) in [5.74, 6) is 0. The number of hydrogen-bond donors (Lipinski definition) is 1. The number of hydrogen-bond acceptors (Lipinski definition) is 2. The van der Waals surface area contributed by atoms with E-state index in [0.29, 0.717) is 12.6 Å². The lowest BCUT2D eigenvalue weighted by Crippen LogP contribution is -2.31. The molecule has 0 bridgehead atoms.